The molecular weight excluding hydrogens is 264 g/mol. The van der Waals surface area contributed by atoms with Gasteiger partial charge in [-0.05, 0) is 33.4 Å². The summed E-state index contributed by atoms with van der Waals surface area (Å²) in [5, 5.41) is 0. The lowest BCUT2D eigenvalue weighted by Gasteiger charge is -2.22. The van der Waals surface area contributed by atoms with Crippen molar-refractivity contribution >= 4 is 0 Å². The Labute approximate surface area is 128 Å². The van der Waals surface area contributed by atoms with Gasteiger partial charge < -0.3 is 15.4 Å². The van der Waals surface area contributed by atoms with E-state index in [0.29, 0.717) is 0 Å². The molecule has 0 bridgehead atoms. The molecule has 0 radical (unpaired) electrons. The van der Waals surface area contributed by atoms with E-state index < -0.39 is 0 Å². The number of hydrogen-bond donors (Lipinski definition) is 1. The molecule has 5 heteroatoms. The molecule has 2 heterocycles. The van der Waals surface area contributed by atoms with Gasteiger partial charge in [-0.1, -0.05) is 0 Å². The lowest BCUT2D eigenvalue weighted by molar-refractivity contribution is 0.252. The summed E-state index contributed by atoms with van der Waals surface area (Å²) >= 11 is 0. The van der Waals surface area contributed by atoms with Crippen molar-refractivity contribution in [2.75, 3.05) is 46.4 Å². The van der Waals surface area contributed by atoms with E-state index in [1.807, 2.05) is 13.1 Å². The van der Waals surface area contributed by atoms with Gasteiger partial charge in [-0.15, -0.1) is 0 Å². The summed E-state index contributed by atoms with van der Waals surface area (Å²) in [5.74, 6) is 0.972. The number of rotatable bonds is 5. The van der Waals surface area contributed by atoms with Crippen molar-refractivity contribution in [1.29, 1.82) is 0 Å². The van der Waals surface area contributed by atoms with Crippen LogP contribution in [0.25, 0.3) is 0 Å². The summed E-state index contributed by atoms with van der Waals surface area (Å²) in [4.78, 5) is 9.55. The Morgan fingerprint density at radius 1 is 1.19 bits per heavy atom. The molecule has 1 aromatic rings. The van der Waals surface area contributed by atoms with Crippen LogP contribution in [0, 0.1) is 13.8 Å². The van der Waals surface area contributed by atoms with Crippen molar-refractivity contribution in [3.8, 4) is 5.75 Å². The normalized spacial score (nSPS) is 17.7. The van der Waals surface area contributed by atoms with Crippen LogP contribution in [0.1, 0.15) is 23.2 Å². The molecule has 0 amide bonds. The monoisotopic (exact) mass is 292 g/mol. The zero-order valence-corrected chi connectivity index (χ0v) is 13.6. The number of hydrogen-bond acceptors (Lipinski definition) is 5. The largest absolute Gasteiger partial charge is 0.496 e. The predicted octanol–water partition coefficient (Wildman–Crippen LogP) is 1.17. The second-order valence-electron chi connectivity index (χ2n) is 5.81. The number of ether oxygens (including phenoxy) is 1. The maximum absolute atomic E-state index is 5.66. The van der Waals surface area contributed by atoms with Crippen LogP contribution >= 0.6 is 0 Å². The molecule has 0 aromatic carbocycles. The molecular formula is C16H28N4O. The molecule has 2 rings (SSSR count). The third-order valence-corrected chi connectivity index (χ3v) is 4.25. The first-order valence-corrected chi connectivity index (χ1v) is 7.79. The third kappa shape index (κ3) is 4.15. The molecule has 1 aromatic heterocycles. The number of nitrogens with two attached hydrogens (primary N) is 1. The van der Waals surface area contributed by atoms with Crippen LogP contribution in [-0.2, 0) is 6.54 Å². The Kier molecular flexibility index (Phi) is 5.96. The minimum Gasteiger partial charge on any atom is -0.496 e. The lowest BCUT2D eigenvalue weighted by Crippen LogP contribution is -2.33. The fourth-order valence-electron chi connectivity index (χ4n) is 3.03. The Balaban J connectivity index is 2.02. The summed E-state index contributed by atoms with van der Waals surface area (Å²) in [5.41, 5.74) is 9.05. The van der Waals surface area contributed by atoms with Gasteiger partial charge in [0, 0.05) is 50.0 Å². The standard InChI is InChI=1S/C16H28N4O/c1-13-11-18-15(14(2)16(13)21-3)12-20-7-4-6-19(8-5-17)9-10-20/h11H,4-10,12,17H2,1-3H3. The van der Waals surface area contributed by atoms with E-state index in [4.69, 9.17) is 10.5 Å². The van der Waals surface area contributed by atoms with E-state index >= 15 is 0 Å². The van der Waals surface area contributed by atoms with Gasteiger partial charge in [0.15, 0.2) is 0 Å². The van der Waals surface area contributed by atoms with Gasteiger partial charge in [-0.25, -0.2) is 0 Å². The second-order valence-corrected chi connectivity index (χ2v) is 5.81. The summed E-state index contributed by atoms with van der Waals surface area (Å²) < 4.78 is 5.50. The first kappa shape index (κ1) is 16.2. The summed E-state index contributed by atoms with van der Waals surface area (Å²) in [6, 6.07) is 0. The van der Waals surface area contributed by atoms with Crippen molar-refractivity contribution in [1.82, 2.24) is 14.8 Å². The minimum atomic E-state index is 0.746. The first-order valence-electron chi connectivity index (χ1n) is 7.79. The molecule has 1 fully saturated rings. The number of aryl methyl sites for hydroxylation is 1. The molecule has 5 nitrogen and oxygen atoms in total. The SMILES string of the molecule is COc1c(C)cnc(CN2CCCN(CCN)CC2)c1C. The van der Waals surface area contributed by atoms with Crippen LogP contribution in [0.3, 0.4) is 0 Å². The Morgan fingerprint density at radius 3 is 2.62 bits per heavy atom. The van der Waals surface area contributed by atoms with Crippen LogP contribution < -0.4 is 10.5 Å². The topological polar surface area (TPSA) is 54.6 Å². The predicted molar refractivity (Wildman–Crippen MR) is 85.7 cm³/mol. The van der Waals surface area contributed by atoms with Crippen LogP contribution in [0.15, 0.2) is 6.20 Å². The number of nitrogens with zero attached hydrogens (tertiary/aromatic N) is 3. The molecule has 1 saturated heterocycles. The highest BCUT2D eigenvalue weighted by Gasteiger charge is 2.17. The van der Waals surface area contributed by atoms with E-state index in [-0.39, 0.29) is 0 Å². The molecule has 1 aliphatic heterocycles. The minimum absolute atomic E-state index is 0.746. The highest BCUT2D eigenvalue weighted by atomic mass is 16.5. The molecule has 0 unspecified atom stereocenters. The molecule has 0 atom stereocenters. The van der Waals surface area contributed by atoms with Crippen molar-refractivity contribution in [3.05, 3.63) is 23.0 Å². The number of aromatic nitrogens is 1. The van der Waals surface area contributed by atoms with E-state index in [2.05, 4.69) is 21.7 Å². The van der Waals surface area contributed by atoms with Gasteiger partial charge in [0.1, 0.15) is 5.75 Å². The Bertz CT molecular complexity index is 464. The van der Waals surface area contributed by atoms with Crippen molar-refractivity contribution in [2.45, 2.75) is 26.8 Å². The van der Waals surface area contributed by atoms with Crippen LogP contribution in [-0.4, -0.2) is 61.2 Å². The zero-order valence-electron chi connectivity index (χ0n) is 13.6. The van der Waals surface area contributed by atoms with Gasteiger partial charge in [0.2, 0.25) is 0 Å². The quantitative estimate of drug-likeness (QED) is 0.883. The fraction of sp³-hybridized carbons (Fsp3) is 0.688. The number of methoxy groups -OCH3 is 1. The smallest absolute Gasteiger partial charge is 0.128 e. The zero-order chi connectivity index (χ0) is 15.2. The van der Waals surface area contributed by atoms with E-state index in [1.165, 1.54) is 12.0 Å². The molecule has 0 aliphatic carbocycles. The van der Waals surface area contributed by atoms with Crippen molar-refractivity contribution in [3.63, 3.8) is 0 Å². The lowest BCUT2D eigenvalue weighted by atomic mass is 10.1. The van der Waals surface area contributed by atoms with Gasteiger partial charge in [0.25, 0.3) is 0 Å². The number of pyridine rings is 1. The third-order valence-electron chi connectivity index (χ3n) is 4.25. The molecule has 118 valence electrons. The van der Waals surface area contributed by atoms with Crippen molar-refractivity contribution < 1.29 is 4.74 Å². The average molecular weight is 292 g/mol. The second kappa shape index (κ2) is 7.73. The molecule has 21 heavy (non-hydrogen) atoms. The van der Waals surface area contributed by atoms with Gasteiger partial charge in [-0.3, -0.25) is 9.88 Å². The van der Waals surface area contributed by atoms with Crippen LogP contribution in [0.2, 0.25) is 0 Å². The van der Waals surface area contributed by atoms with E-state index in [9.17, 15) is 0 Å². The maximum atomic E-state index is 5.66. The van der Waals surface area contributed by atoms with E-state index in [0.717, 1.165) is 62.8 Å². The van der Waals surface area contributed by atoms with Gasteiger partial charge in [0.05, 0.1) is 12.8 Å². The van der Waals surface area contributed by atoms with E-state index in [1.54, 1.807) is 7.11 Å². The van der Waals surface area contributed by atoms with Gasteiger partial charge in [-0.2, -0.15) is 0 Å². The first-order chi connectivity index (χ1) is 10.2. The molecule has 0 saturated carbocycles. The molecule has 1 aliphatic rings. The summed E-state index contributed by atoms with van der Waals surface area (Å²) in [6.45, 7) is 11.2. The molecule has 0 spiro atoms. The fourth-order valence-corrected chi connectivity index (χ4v) is 3.03. The maximum Gasteiger partial charge on any atom is 0.128 e. The summed E-state index contributed by atoms with van der Waals surface area (Å²) in [7, 11) is 1.73. The van der Waals surface area contributed by atoms with Gasteiger partial charge >= 0.3 is 0 Å². The van der Waals surface area contributed by atoms with Crippen LogP contribution in [0.5, 0.6) is 5.75 Å². The Morgan fingerprint density at radius 2 is 1.90 bits per heavy atom. The highest BCUT2D eigenvalue weighted by Crippen LogP contribution is 2.24. The Hall–Kier alpha value is -1.17. The summed E-state index contributed by atoms with van der Waals surface area (Å²) in [6.07, 6.45) is 3.11. The molecule has 2 N–H and O–H groups in total. The average Bonchev–Trinajstić information content (AvgIpc) is 2.69. The van der Waals surface area contributed by atoms with Crippen LogP contribution in [0.4, 0.5) is 0 Å². The highest BCUT2D eigenvalue weighted by molar-refractivity contribution is 5.41. The van der Waals surface area contributed by atoms with Crippen molar-refractivity contribution in [2.24, 2.45) is 5.73 Å².